The van der Waals surface area contributed by atoms with Crippen molar-refractivity contribution in [2.45, 2.75) is 57.5 Å². The summed E-state index contributed by atoms with van der Waals surface area (Å²) in [6.07, 6.45) is 1.85. The minimum atomic E-state index is -3.24. The fourth-order valence-electron chi connectivity index (χ4n) is 5.74. The summed E-state index contributed by atoms with van der Waals surface area (Å²) in [5.41, 5.74) is 3.96. The summed E-state index contributed by atoms with van der Waals surface area (Å²) in [6.45, 7) is 9.52. The van der Waals surface area contributed by atoms with Crippen molar-refractivity contribution < 1.29 is 23.1 Å². The summed E-state index contributed by atoms with van der Waals surface area (Å²) in [7, 11) is -3.24. The number of hydrogen-bond donors (Lipinski definition) is 2. The average molecular weight is 542 g/mol. The largest absolute Gasteiger partial charge is 0.465 e. The highest BCUT2D eigenvalue weighted by Crippen LogP contribution is 2.37. The molecule has 0 unspecified atom stereocenters. The minimum absolute atomic E-state index is 0.0585. The summed E-state index contributed by atoms with van der Waals surface area (Å²) < 4.78 is 24.0. The first-order valence-corrected chi connectivity index (χ1v) is 15.2. The predicted molar refractivity (Wildman–Crippen MR) is 147 cm³/mol. The molecule has 0 radical (unpaired) electrons. The van der Waals surface area contributed by atoms with Gasteiger partial charge in [0.1, 0.15) is 0 Å². The number of carbonyl (C=O) groups is 2. The SMILES string of the molecule is CCS(=O)(=O)c1ccc(CNC(=O)c2ccc3c(c2)CCN(CC2CCN(C(=O)O)CC2)[C@H]3C(C)C)cc1. The van der Waals surface area contributed by atoms with Crippen LogP contribution in [0, 0.1) is 11.8 Å². The van der Waals surface area contributed by atoms with Crippen LogP contribution in [0.1, 0.15) is 66.7 Å². The van der Waals surface area contributed by atoms with Crippen molar-refractivity contribution in [2.75, 3.05) is 31.9 Å². The van der Waals surface area contributed by atoms with Gasteiger partial charge in [0.25, 0.3) is 5.91 Å². The quantitative estimate of drug-likeness (QED) is 0.515. The van der Waals surface area contributed by atoms with Crippen molar-refractivity contribution in [1.29, 1.82) is 0 Å². The van der Waals surface area contributed by atoms with E-state index in [9.17, 15) is 23.1 Å². The van der Waals surface area contributed by atoms with Gasteiger partial charge in [-0.05, 0) is 72.1 Å². The summed E-state index contributed by atoms with van der Waals surface area (Å²) in [5, 5.41) is 12.2. The van der Waals surface area contributed by atoms with Crippen LogP contribution in [0.25, 0.3) is 0 Å². The molecule has 2 heterocycles. The van der Waals surface area contributed by atoms with Crippen LogP contribution in [-0.2, 0) is 22.8 Å². The fourth-order valence-corrected chi connectivity index (χ4v) is 6.63. The van der Waals surface area contributed by atoms with Crippen LogP contribution >= 0.6 is 0 Å². The molecule has 0 spiro atoms. The van der Waals surface area contributed by atoms with E-state index in [1.165, 1.54) is 16.0 Å². The van der Waals surface area contributed by atoms with Crippen LogP contribution < -0.4 is 5.32 Å². The zero-order valence-corrected chi connectivity index (χ0v) is 23.3. The van der Waals surface area contributed by atoms with E-state index in [1.807, 2.05) is 12.1 Å². The normalized spacial score (nSPS) is 18.8. The van der Waals surface area contributed by atoms with E-state index < -0.39 is 15.9 Å². The van der Waals surface area contributed by atoms with Crippen LogP contribution in [-0.4, -0.2) is 67.3 Å². The number of hydrogen-bond acceptors (Lipinski definition) is 5. The highest BCUT2D eigenvalue weighted by atomic mass is 32.2. The van der Waals surface area contributed by atoms with Crippen LogP contribution in [0.15, 0.2) is 47.4 Å². The number of nitrogens with zero attached hydrogens (tertiary/aromatic N) is 2. The lowest BCUT2D eigenvalue weighted by Gasteiger charge is -2.42. The molecule has 2 N–H and O–H groups in total. The van der Waals surface area contributed by atoms with Crippen molar-refractivity contribution >= 4 is 21.8 Å². The van der Waals surface area contributed by atoms with Gasteiger partial charge in [-0.2, -0.15) is 0 Å². The van der Waals surface area contributed by atoms with Gasteiger partial charge < -0.3 is 15.3 Å². The number of piperidine rings is 1. The van der Waals surface area contributed by atoms with E-state index in [0.717, 1.165) is 37.9 Å². The number of nitrogens with one attached hydrogen (secondary N) is 1. The number of benzene rings is 2. The lowest BCUT2D eigenvalue weighted by atomic mass is 9.84. The zero-order chi connectivity index (χ0) is 27.4. The molecular weight excluding hydrogens is 502 g/mol. The van der Waals surface area contributed by atoms with E-state index in [0.29, 0.717) is 41.9 Å². The monoisotopic (exact) mass is 541 g/mol. The van der Waals surface area contributed by atoms with Gasteiger partial charge in [0, 0.05) is 44.3 Å². The van der Waals surface area contributed by atoms with Gasteiger partial charge in [0.05, 0.1) is 10.6 Å². The molecule has 0 aromatic heterocycles. The van der Waals surface area contributed by atoms with Crippen molar-refractivity contribution in [3.63, 3.8) is 0 Å². The lowest BCUT2D eigenvalue weighted by molar-refractivity contribution is 0.0860. The van der Waals surface area contributed by atoms with Gasteiger partial charge in [-0.25, -0.2) is 13.2 Å². The second-order valence-corrected chi connectivity index (χ2v) is 13.1. The highest BCUT2D eigenvalue weighted by molar-refractivity contribution is 7.91. The molecule has 2 aliphatic rings. The number of rotatable bonds is 8. The molecule has 206 valence electrons. The Bertz CT molecular complexity index is 1250. The average Bonchev–Trinajstić information content (AvgIpc) is 2.91. The van der Waals surface area contributed by atoms with Crippen LogP contribution in [0.5, 0.6) is 0 Å². The third-order valence-electron chi connectivity index (χ3n) is 7.91. The van der Waals surface area contributed by atoms with Crippen molar-refractivity contribution in [3.05, 3.63) is 64.7 Å². The van der Waals surface area contributed by atoms with E-state index >= 15 is 0 Å². The summed E-state index contributed by atoms with van der Waals surface area (Å²) in [5.74, 6) is 0.817. The Morgan fingerprint density at radius 2 is 1.74 bits per heavy atom. The Morgan fingerprint density at radius 1 is 1.05 bits per heavy atom. The third-order valence-corrected chi connectivity index (χ3v) is 9.66. The van der Waals surface area contributed by atoms with E-state index in [-0.39, 0.29) is 17.7 Å². The molecule has 38 heavy (non-hydrogen) atoms. The van der Waals surface area contributed by atoms with E-state index in [2.05, 4.69) is 30.1 Å². The molecule has 1 fully saturated rings. The Labute approximate surface area is 225 Å². The molecule has 2 aromatic rings. The standard InChI is InChI=1S/C29H39N3O5S/c1-4-38(36,37)25-8-5-21(6-9-25)18-30-28(33)24-7-10-26-23(17-24)13-16-32(27(26)20(2)3)19-22-11-14-31(15-12-22)29(34)35/h5-10,17,20,22,27H,4,11-16,18-19H2,1-3H3,(H,30,33)(H,34,35)/t27-/m0/s1. The maximum Gasteiger partial charge on any atom is 0.407 e. The topological polar surface area (TPSA) is 107 Å². The van der Waals surface area contributed by atoms with Gasteiger partial charge in [0.15, 0.2) is 9.84 Å². The Morgan fingerprint density at radius 3 is 2.34 bits per heavy atom. The van der Waals surface area contributed by atoms with Crippen molar-refractivity contribution in [3.8, 4) is 0 Å². The molecule has 1 atom stereocenters. The van der Waals surface area contributed by atoms with E-state index in [1.54, 1.807) is 31.2 Å². The second-order valence-electron chi connectivity index (χ2n) is 10.8. The zero-order valence-electron chi connectivity index (χ0n) is 22.5. The molecule has 1 saturated heterocycles. The first-order chi connectivity index (χ1) is 18.1. The maximum atomic E-state index is 12.9. The summed E-state index contributed by atoms with van der Waals surface area (Å²) in [4.78, 5) is 28.5. The first-order valence-electron chi connectivity index (χ1n) is 13.5. The molecule has 2 aromatic carbocycles. The summed E-state index contributed by atoms with van der Waals surface area (Å²) in [6, 6.07) is 12.9. The van der Waals surface area contributed by atoms with Crippen molar-refractivity contribution in [1.82, 2.24) is 15.1 Å². The molecular formula is C29H39N3O5S. The number of fused-ring (bicyclic) bond motifs is 1. The van der Waals surface area contributed by atoms with Crippen molar-refractivity contribution in [2.24, 2.45) is 11.8 Å². The third kappa shape index (κ3) is 6.38. The Kier molecular flexibility index (Phi) is 8.78. The molecule has 0 saturated carbocycles. The first kappa shape index (κ1) is 28.1. The number of carboxylic acid groups (broad SMARTS) is 1. The van der Waals surface area contributed by atoms with Gasteiger partial charge in [-0.15, -0.1) is 0 Å². The molecule has 9 heteroatoms. The Balaban J connectivity index is 1.39. The van der Waals surface area contributed by atoms with Crippen LogP contribution in [0.3, 0.4) is 0 Å². The van der Waals surface area contributed by atoms with E-state index in [4.69, 9.17) is 0 Å². The smallest absolute Gasteiger partial charge is 0.407 e. The molecule has 8 nitrogen and oxygen atoms in total. The number of likely N-dealkylation sites (tertiary alicyclic amines) is 1. The van der Waals surface area contributed by atoms with Gasteiger partial charge in [-0.3, -0.25) is 9.69 Å². The number of sulfone groups is 1. The highest BCUT2D eigenvalue weighted by Gasteiger charge is 2.33. The van der Waals surface area contributed by atoms with Crippen LogP contribution in [0.2, 0.25) is 0 Å². The minimum Gasteiger partial charge on any atom is -0.465 e. The summed E-state index contributed by atoms with van der Waals surface area (Å²) >= 11 is 0. The molecule has 2 amide bonds. The molecule has 4 rings (SSSR count). The fraction of sp³-hybridized carbons (Fsp3) is 0.517. The Hall–Kier alpha value is -2.91. The maximum absolute atomic E-state index is 12.9. The predicted octanol–water partition coefficient (Wildman–Crippen LogP) is 4.36. The molecule has 2 aliphatic heterocycles. The number of carbonyl (C=O) groups excluding carboxylic acids is 1. The van der Waals surface area contributed by atoms with Gasteiger partial charge in [-0.1, -0.05) is 39.0 Å². The van der Waals surface area contributed by atoms with Gasteiger partial charge >= 0.3 is 6.09 Å². The molecule has 0 aliphatic carbocycles. The molecule has 0 bridgehead atoms. The van der Waals surface area contributed by atoms with Crippen LogP contribution in [0.4, 0.5) is 4.79 Å². The van der Waals surface area contributed by atoms with Gasteiger partial charge in [0.2, 0.25) is 0 Å². The number of amides is 2. The second kappa shape index (κ2) is 11.9. The lowest BCUT2D eigenvalue weighted by Crippen LogP contribution is -2.44.